The third-order valence-electron chi connectivity index (χ3n) is 3.72. The first-order valence-corrected chi connectivity index (χ1v) is 9.81. The summed E-state index contributed by atoms with van der Waals surface area (Å²) >= 11 is 0. The number of hydrogen-bond acceptors (Lipinski definition) is 5. The topological polar surface area (TPSA) is 109 Å². The fourth-order valence-electron chi connectivity index (χ4n) is 2.22. The summed E-state index contributed by atoms with van der Waals surface area (Å²) in [5.74, 6) is 1.99. The minimum Gasteiger partial charge on any atom is -0.444 e. The molecular weight excluding hydrogens is 354 g/mol. The van der Waals surface area contributed by atoms with Gasteiger partial charge in [0.25, 0.3) is 0 Å². The molecule has 1 heterocycles. The number of guanidine groups is 1. The van der Waals surface area contributed by atoms with Crippen molar-refractivity contribution in [2.75, 3.05) is 13.6 Å². The van der Waals surface area contributed by atoms with Crippen LogP contribution in [-0.2, 0) is 23.1 Å². The number of aromatic nitrogens is 1. The van der Waals surface area contributed by atoms with Gasteiger partial charge in [0, 0.05) is 6.54 Å². The summed E-state index contributed by atoms with van der Waals surface area (Å²) in [4.78, 5) is 9.03. The molecule has 8 nitrogen and oxygen atoms in total. The number of hydrogen-bond donors (Lipinski definition) is 3. The van der Waals surface area contributed by atoms with Crippen LogP contribution in [0.25, 0.3) is 0 Å². The van der Waals surface area contributed by atoms with Crippen LogP contribution in [0.2, 0.25) is 0 Å². The molecule has 0 saturated carbocycles. The number of aryl methyl sites for hydroxylation is 2. The van der Waals surface area contributed by atoms with E-state index in [4.69, 9.17) is 4.42 Å². The van der Waals surface area contributed by atoms with Crippen LogP contribution in [0.3, 0.4) is 0 Å². The van der Waals surface area contributed by atoms with E-state index >= 15 is 0 Å². The molecule has 0 unspecified atom stereocenters. The lowest BCUT2D eigenvalue weighted by Crippen LogP contribution is -2.36. The van der Waals surface area contributed by atoms with Crippen molar-refractivity contribution in [2.45, 2.75) is 38.8 Å². The van der Waals surface area contributed by atoms with Gasteiger partial charge >= 0.3 is 0 Å². The molecule has 26 heavy (non-hydrogen) atoms. The van der Waals surface area contributed by atoms with Crippen LogP contribution in [-0.4, -0.2) is 33.0 Å². The first-order chi connectivity index (χ1) is 12.4. The highest BCUT2D eigenvalue weighted by Gasteiger charge is 2.11. The Hall–Kier alpha value is -2.39. The van der Waals surface area contributed by atoms with E-state index in [-0.39, 0.29) is 4.90 Å². The maximum absolute atomic E-state index is 11.9. The summed E-state index contributed by atoms with van der Waals surface area (Å²) in [5.41, 5.74) is 1.66. The van der Waals surface area contributed by atoms with Crippen molar-refractivity contribution in [3.8, 4) is 0 Å². The normalized spacial score (nSPS) is 12.2. The van der Waals surface area contributed by atoms with Crippen molar-refractivity contribution in [1.29, 1.82) is 0 Å². The summed E-state index contributed by atoms with van der Waals surface area (Å²) in [6.45, 7) is 7.19. The molecule has 142 valence electrons. The lowest BCUT2D eigenvalue weighted by atomic mass is 10.2. The SMILES string of the molecule is CCNC(=NCc1cccc(S(=O)(=O)NC)c1)NCc1nc(C)c(C)o1. The zero-order valence-electron chi connectivity index (χ0n) is 15.5. The second-order valence-corrected chi connectivity index (χ2v) is 7.54. The Balaban J connectivity index is 2.07. The molecule has 2 aromatic rings. The van der Waals surface area contributed by atoms with Gasteiger partial charge in [0.05, 0.1) is 23.7 Å². The fraction of sp³-hybridized carbons (Fsp3) is 0.412. The van der Waals surface area contributed by atoms with Crippen molar-refractivity contribution in [1.82, 2.24) is 20.3 Å². The number of aliphatic imine (C=N–C) groups is 1. The number of benzene rings is 1. The third-order valence-corrected chi connectivity index (χ3v) is 5.13. The highest BCUT2D eigenvalue weighted by atomic mass is 32.2. The maximum atomic E-state index is 11.9. The standard InChI is InChI=1S/C17H25N5O3S/c1-5-19-17(21-11-16-22-12(2)13(3)25-16)20-10-14-7-6-8-15(9-14)26(23,24)18-4/h6-9,18H,5,10-11H2,1-4H3,(H2,19,20,21). The van der Waals surface area contributed by atoms with Crippen LogP contribution >= 0.6 is 0 Å². The molecule has 0 radical (unpaired) electrons. The number of rotatable bonds is 7. The number of nitrogens with one attached hydrogen (secondary N) is 3. The Labute approximate surface area is 154 Å². The van der Waals surface area contributed by atoms with Gasteiger partial charge in [0.2, 0.25) is 15.9 Å². The van der Waals surface area contributed by atoms with Crippen LogP contribution in [0.4, 0.5) is 0 Å². The Morgan fingerprint density at radius 2 is 2.04 bits per heavy atom. The van der Waals surface area contributed by atoms with E-state index in [0.29, 0.717) is 31.5 Å². The Morgan fingerprint density at radius 3 is 2.65 bits per heavy atom. The smallest absolute Gasteiger partial charge is 0.240 e. The van der Waals surface area contributed by atoms with E-state index in [0.717, 1.165) is 17.0 Å². The van der Waals surface area contributed by atoms with Crippen LogP contribution in [0.5, 0.6) is 0 Å². The van der Waals surface area contributed by atoms with Crippen LogP contribution in [0.15, 0.2) is 38.6 Å². The molecule has 0 aliphatic carbocycles. The molecule has 0 amide bonds. The van der Waals surface area contributed by atoms with Crippen molar-refractivity contribution in [2.24, 2.45) is 4.99 Å². The average Bonchev–Trinajstić information content (AvgIpc) is 2.95. The summed E-state index contributed by atoms with van der Waals surface area (Å²) in [7, 11) is -2.08. The number of sulfonamides is 1. The predicted molar refractivity (Wildman–Crippen MR) is 100 cm³/mol. The van der Waals surface area contributed by atoms with Gasteiger partial charge in [-0.3, -0.25) is 0 Å². The monoisotopic (exact) mass is 379 g/mol. The zero-order valence-corrected chi connectivity index (χ0v) is 16.3. The lowest BCUT2D eigenvalue weighted by Gasteiger charge is -2.10. The van der Waals surface area contributed by atoms with E-state index < -0.39 is 10.0 Å². The van der Waals surface area contributed by atoms with Gasteiger partial charge in [-0.05, 0) is 45.5 Å². The molecule has 0 saturated heterocycles. The summed E-state index contributed by atoms with van der Waals surface area (Å²) in [6.07, 6.45) is 0. The molecule has 0 spiro atoms. The second-order valence-electron chi connectivity index (χ2n) is 5.65. The number of nitrogens with zero attached hydrogens (tertiary/aromatic N) is 2. The average molecular weight is 379 g/mol. The summed E-state index contributed by atoms with van der Waals surface area (Å²) in [5, 5.41) is 6.30. The van der Waals surface area contributed by atoms with E-state index in [9.17, 15) is 8.42 Å². The second kappa shape index (κ2) is 8.81. The molecule has 0 atom stereocenters. The minimum absolute atomic E-state index is 0.219. The van der Waals surface area contributed by atoms with Crippen molar-refractivity contribution < 1.29 is 12.8 Å². The first kappa shape index (κ1) is 19.9. The van der Waals surface area contributed by atoms with Crippen molar-refractivity contribution in [3.05, 3.63) is 47.2 Å². The molecule has 0 aliphatic heterocycles. The predicted octanol–water partition coefficient (Wildman–Crippen LogP) is 1.45. The fourth-order valence-corrected chi connectivity index (χ4v) is 3.02. The molecule has 3 N–H and O–H groups in total. The van der Waals surface area contributed by atoms with Crippen molar-refractivity contribution in [3.63, 3.8) is 0 Å². The van der Waals surface area contributed by atoms with Gasteiger partial charge in [-0.25, -0.2) is 23.1 Å². The first-order valence-electron chi connectivity index (χ1n) is 8.33. The molecular formula is C17H25N5O3S. The van der Waals surface area contributed by atoms with Crippen LogP contribution < -0.4 is 15.4 Å². The molecule has 0 bridgehead atoms. The Bertz CT molecular complexity index is 855. The molecule has 2 rings (SSSR count). The largest absolute Gasteiger partial charge is 0.444 e. The van der Waals surface area contributed by atoms with Gasteiger partial charge < -0.3 is 15.1 Å². The third kappa shape index (κ3) is 5.30. The highest BCUT2D eigenvalue weighted by molar-refractivity contribution is 7.89. The van der Waals surface area contributed by atoms with Crippen molar-refractivity contribution >= 4 is 16.0 Å². The van der Waals surface area contributed by atoms with Crippen LogP contribution in [0, 0.1) is 13.8 Å². The van der Waals surface area contributed by atoms with Crippen LogP contribution in [0.1, 0.15) is 29.8 Å². The zero-order chi connectivity index (χ0) is 19.2. The molecule has 1 aromatic heterocycles. The van der Waals surface area contributed by atoms with Gasteiger partial charge in [0.15, 0.2) is 5.96 Å². The van der Waals surface area contributed by atoms with Gasteiger partial charge in [0.1, 0.15) is 5.76 Å². The van der Waals surface area contributed by atoms with Gasteiger partial charge in [-0.1, -0.05) is 12.1 Å². The Morgan fingerprint density at radius 1 is 1.27 bits per heavy atom. The van der Waals surface area contributed by atoms with E-state index in [1.165, 1.54) is 7.05 Å². The van der Waals surface area contributed by atoms with Gasteiger partial charge in [-0.2, -0.15) is 0 Å². The molecule has 0 fully saturated rings. The van der Waals surface area contributed by atoms with E-state index in [1.807, 2.05) is 26.8 Å². The van der Waals surface area contributed by atoms with Gasteiger partial charge in [-0.15, -0.1) is 0 Å². The van der Waals surface area contributed by atoms with E-state index in [2.05, 4.69) is 25.3 Å². The molecule has 0 aliphatic rings. The summed E-state index contributed by atoms with van der Waals surface area (Å²) < 4.78 is 31.6. The maximum Gasteiger partial charge on any atom is 0.240 e. The van der Waals surface area contributed by atoms with E-state index in [1.54, 1.807) is 18.2 Å². The molecule has 1 aromatic carbocycles. The quantitative estimate of drug-likeness (QED) is 0.496. The lowest BCUT2D eigenvalue weighted by molar-refractivity contribution is 0.463. The summed E-state index contributed by atoms with van der Waals surface area (Å²) in [6, 6.07) is 6.70. The molecule has 9 heteroatoms. The highest BCUT2D eigenvalue weighted by Crippen LogP contribution is 2.12. The number of oxazole rings is 1. The minimum atomic E-state index is -3.47. The Kier molecular flexibility index (Phi) is 6.76.